The topological polar surface area (TPSA) is 27.0 Å². The van der Waals surface area contributed by atoms with Gasteiger partial charge in [0.25, 0.3) is 0 Å². The number of nitrogens with zero attached hydrogens (tertiary/aromatic N) is 2. The Morgan fingerprint density at radius 2 is 1.93 bits per heavy atom. The van der Waals surface area contributed by atoms with Crippen LogP contribution in [0.2, 0.25) is 0 Å². The second kappa shape index (κ2) is 8.01. The largest absolute Gasteiger partial charge is 0.306 e. The van der Waals surface area contributed by atoms with E-state index in [1.54, 1.807) is 0 Å². The van der Waals surface area contributed by atoms with Crippen LogP contribution in [0, 0.1) is 16.7 Å². The molecule has 0 aliphatic rings. The number of thioether (sulfide) groups is 1. The monoisotopic (exact) mass is 228 g/mol. The van der Waals surface area contributed by atoms with E-state index in [0.29, 0.717) is 0 Å². The van der Waals surface area contributed by atoms with Crippen LogP contribution in [0.25, 0.3) is 0 Å². The first-order chi connectivity index (χ1) is 7.02. The summed E-state index contributed by atoms with van der Waals surface area (Å²) in [6.45, 7) is 6.36. The third kappa shape index (κ3) is 8.77. The van der Waals surface area contributed by atoms with E-state index < -0.39 is 0 Å². The van der Waals surface area contributed by atoms with Crippen LogP contribution >= 0.6 is 11.8 Å². The molecule has 3 heteroatoms. The van der Waals surface area contributed by atoms with Gasteiger partial charge in [0.15, 0.2) is 0 Å². The van der Waals surface area contributed by atoms with Gasteiger partial charge in [-0.05, 0) is 46.5 Å². The summed E-state index contributed by atoms with van der Waals surface area (Å²) in [6.07, 6.45) is 5.52. The number of rotatable bonds is 8. The molecule has 88 valence electrons. The van der Waals surface area contributed by atoms with Crippen LogP contribution in [0.5, 0.6) is 0 Å². The second-order valence-electron chi connectivity index (χ2n) is 4.75. The predicted octanol–water partition coefficient (Wildman–Crippen LogP) is 3.00. The first-order valence-corrected chi connectivity index (χ1v) is 7.00. The Morgan fingerprint density at radius 1 is 1.27 bits per heavy atom. The minimum atomic E-state index is -0.141. The molecular formula is C12H24N2S. The lowest BCUT2D eigenvalue weighted by Gasteiger charge is -2.18. The minimum absolute atomic E-state index is 0.141. The molecule has 0 rings (SSSR count). The fraction of sp³-hybridized carbons (Fsp3) is 0.917. The maximum atomic E-state index is 8.86. The zero-order valence-electron chi connectivity index (χ0n) is 10.5. The molecule has 0 spiro atoms. The highest BCUT2D eigenvalue weighted by Crippen LogP contribution is 2.21. The molecule has 0 saturated heterocycles. The molecule has 0 amide bonds. The molecule has 15 heavy (non-hydrogen) atoms. The van der Waals surface area contributed by atoms with Crippen LogP contribution in [0.3, 0.4) is 0 Å². The maximum absolute atomic E-state index is 8.86. The summed E-state index contributed by atoms with van der Waals surface area (Å²) in [7, 11) is 2.17. The highest BCUT2D eigenvalue weighted by molar-refractivity contribution is 7.98. The Morgan fingerprint density at radius 3 is 2.47 bits per heavy atom. The summed E-state index contributed by atoms with van der Waals surface area (Å²) >= 11 is 1.89. The van der Waals surface area contributed by atoms with E-state index in [2.05, 4.69) is 24.3 Å². The van der Waals surface area contributed by atoms with Crippen molar-refractivity contribution >= 4 is 11.8 Å². The Hall–Kier alpha value is -0.200. The number of unbranched alkanes of at least 4 members (excludes halogenated alkanes) is 1. The van der Waals surface area contributed by atoms with Crippen LogP contribution in [0.1, 0.15) is 33.1 Å². The fourth-order valence-corrected chi connectivity index (χ4v) is 1.86. The molecule has 0 aromatic rings. The summed E-state index contributed by atoms with van der Waals surface area (Å²) < 4.78 is 0. The number of hydrogen-bond donors (Lipinski definition) is 0. The van der Waals surface area contributed by atoms with Crippen LogP contribution in [0.15, 0.2) is 0 Å². The van der Waals surface area contributed by atoms with Gasteiger partial charge in [0, 0.05) is 12.3 Å². The van der Waals surface area contributed by atoms with Crippen LogP contribution in [-0.4, -0.2) is 37.0 Å². The Bertz CT molecular complexity index is 196. The van der Waals surface area contributed by atoms with Gasteiger partial charge in [-0.3, -0.25) is 0 Å². The molecular weight excluding hydrogens is 204 g/mol. The lowest BCUT2D eigenvalue weighted by Crippen LogP contribution is -2.22. The number of nitriles is 1. The quantitative estimate of drug-likeness (QED) is 0.598. The van der Waals surface area contributed by atoms with Gasteiger partial charge in [0.1, 0.15) is 0 Å². The average Bonchev–Trinajstić information content (AvgIpc) is 2.21. The van der Waals surface area contributed by atoms with Crippen molar-refractivity contribution in [3.05, 3.63) is 0 Å². The third-order valence-electron chi connectivity index (χ3n) is 2.57. The number of hydrogen-bond acceptors (Lipinski definition) is 3. The SMILES string of the molecule is CSCCN(C)CCCCC(C)(C)C#N. The highest BCUT2D eigenvalue weighted by Gasteiger charge is 2.15. The zero-order valence-corrected chi connectivity index (χ0v) is 11.4. The molecule has 0 aliphatic carbocycles. The van der Waals surface area contributed by atoms with Gasteiger partial charge in [-0.1, -0.05) is 6.42 Å². The standard InChI is InChI=1S/C12H24N2S/c1-12(2,11-13)7-5-6-8-14(3)9-10-15-4/h5-10H2,1-4H3. The van der Waals surface area contributed by atoms with Crippen molar-refractivity contribution < 1.29 is 0 Å². The summed E-state index contributed by atoms with van der Waals surface area (Å²) in [5.74, 6) is 1.21. The molecule has 0 aromatic heterocycles. The molecule has 0 N–H and O–H groups in total. The van der Waals surface area contributed by atoms with Crippen molar-refractivity contribution in [2.24, 2.45) is 5.41 Å². The van der Waals surface area contributed by atoms with Crippen LogP contribution in [-0.2, 0) is 0 Å². The van der Waals surface area contributed by atoms with Crippen LogP contribution < -0.4 is 0 Å². The van der Waals surface area contributed by atoms with Crippen molar-refractivity contribution in [2.45, 2.75) is 33.1 Å². The predicted molar refractivity (Wildman–Crippen MR) is 69.1 cm³/mol. The lowest BCUT2D eigenvalue weighted by molar-refractivity contribution is 0.330. The van der Waals surface area contributed by atoms with Crippen LogP contribution in [0.4, 0.5) is 0 Å². The second-order valence-corrected chi connectivity index (χ2v) is 5.73. The summed E-state index contributed by atoms with van der Waals surface area (Å²) in [4.78, 5) is 2.37. The normalized spacial score (nSPS) is 11.7. The van der Waals surface area contributed by atoms with Crippen molar-refractivity contribution in [1.29, 1.82) is 5.26 Å². The van der Waals surface area contributed by atoms with E-state index in [-0.39, 0.29) is 5.41 Å². The summed E-state index contributed by atoms with van der Waals surface area (Å²) in [5, 5.41) is 8.86. The van der Waals surface area contributed by atoms with Gasteiger partial charge in [-0.25, -0.2) is 0 Å². The molecule has 0 atom stereocenters. The summed E-state index contributed by atoms with van der Waals surface area (Å²) in [6, 6.07) is 2.35. The smallest absolute Gasteiger partial charge is 0.0683 e. The van der Waals surface area contributed by atoms with Crippen molar-refractivity contribution in [3.63, 3.8) is 0 Å². The Labute approximate surface area is 99.0 Å². The first kappa shape index (κ1) is 14.8. The highest BCUT2D eigenvalue weighted by atomic mass is 32.2. The average molecular weight is 228 g/mol. The molecule has 0 radical (unpaired) electrons. The maximum Gasteiger partial charge on any atom is 0.0683 e. The molecule has 0 heterocycles. The van der Waals surface area contributed by atoms with Crippen molar-refractivity contribution in [2.75, 3.05) is 32.1 Å². The molecule has 0 fully saturated rings. The van der Waals surface area contributed by atoms with Gasteiger partial charge < -0.3 is 4.90 Å². The van der Waals surface area contributed by atoms with E-state index in [1.165, 1.54) is 18.7 Å². The molecule has 0 unspecified atom stereocenters. The molecule has 2 nitrogen and oxygen atoms in total. The van der Waals surface area contributed by atoms with Gasteiger partial charge in [0.05, 0.1) is 11.5 Å². The molecule has 0 saturated carbocycles. The van der Waals surface area contributed by atoms with Gasteiger partial charge in [0.2, 0.25) is 0 Å². The molecule has 0 aromatic carbocycles. The first-order valence-electron chi connectivity index (χ1n) is 5.60. The van der Waals surface area contributed by atoms with Gasteiger partial charge in [-0.15, -0.1) is 0 Å². The van der Waals surface area contributed by atoms with E-state index in [9.17, 15) is 0 Å². The minimum Gasteiger partial charge on any atom is -0.306 e. The Kier molecular flexibility index (Phi) is 7.90. The van der Waals surface area contributed by atoms with Crippen molar-refractivity contribution in [3.8, 4) is 6.07 Å². The summed E-state index contributed by atoms with van der Waals surface area (Å²) in [5.41, 5.74) is -0.141. The van der Waals surface area contributed by atoms with E-state index in [0.717, 1.165) is 19.4 Å². The Balaban J connectivity index is 3.43. The lowest BCUT2D eigenvalue weighted by atomic mass is 9.89. The van der Waals surface area contributed by atoms with Crippen molar-refractivity contribution in [1.82, 2.24) is 4.90 Å². The fourth-order valence-electron chi connectivity index (χ4n) is 1.36. The molecule has 0 bridgehead atoms. The zero-order chi connectivity index (χ0) is 11.7. The molecule has 0 aliphatic heterocycles. The third-order valence-corrected chi connectivity index (χ3v) is 3.16. The van der Waals surface area contributed by atoms with E-state index in [4.69, 9.17) is 5.26 Å². The van der Waals surface area contributed by atoms with E-state index >= 15 is 0 Å². The van der Waals surface area contributed by atoms with E-state index in [1.807, 2.05) is 25.6 Å². The van der Waals surface area contributed by atoms with Gasteiger partial charge >= 0.3 is 0 Å². The van der Waals surface area contributed by atoms with Gasteiger partial charge in [-0.2, -0.15) is 17.0 Å².